The van der Waals surface area contributed by atoms with E-state index in [1.54, 1.807) is 7.11 Å². The molecular weight excluding hydrogens is 204 g/mol. The fourth-order valence-corrected chi connectivity index (χ4v) is 1.94. The molecule has 0 unspecified atom stereocenters. The Bertz CT molecular complexity index is 503. The van der Waals surface area contributed by atoms with Gasteiger partial charge in [0.15, 0.2) is 0 Å². The Morgan fingerprint density at radius 2 is 2.19 bits per heavy atom. The summed E-state index contributed by atoms with van der Waals surface area (Å²) in [6.07, 6.45) is 0. The molecule has 0 saturated carbocycles. The number of hydrogen-bond donors (Lipinski definition) is 1. The van der Waals surface area contributed by atoms with Gasteiger partial charge in [0.2, 0.25) is 0 Å². The normalized spacial score (nSPS) is 11.3. The molecule has 2 rings (SSSR count). The maximum atomic E-state index is 9.28. The molecule has 1 heterocycles. The summed E-state index contributed by atoms with van der Waals surface area (Å²) in [5, 5.41) is 9.28. The number of aromatic nitrogens is 2. The molecular formula is C12H16N2O2. The molecule has 0 bridgehead atoms. The second-order valence-corrected chi connectivity index (χ2v) is 4.00. The highest BCUT2D eigenvalue weighted by atomic mass is 16.5. The number of nitrogens with zero attached hydrogens (tertiary/aromatic N) is 2. The van der Waals surface area contributed by atoms with Crippen LogP contribution in [0.15, 0.2) is 18.2 Å². The molecule has 4 heteroatoms. The summed E-state index contributed by atoms with van der Waals surface area (Å²) in [4.78, 5) is 4.39. The van der Waals surface area contributed by atoms with Gasteiger partial charge in [0, 0.05) is 12.1 Å². The number of ether oxygens (including phenoxy) is 1. The van der Waals surface area contributed by atoms with Crippen LogP contribution in [0.3, 0.4) is 0 Å². The number of aliphatic hydroxyl groups excluding tert-OH is 1. The van der Waals surface area contributed by atoms with E-state index in [4.69, 9.17) is 4.74 Å². The first-order chi connectivity index (χ1) is 7.67. The van der Waals surface area contributed by atoms with Gasteiger partial charge in [0.25, 0.3) is 0 Å². The summed E-state index contributed by atoms with van der Waals surface area (Å²) in [6, 6.07) is 5.99. The Morgan fingerprint density at radius 1 is 1.44 bits per heavy atom. The average Bonchev–Trinajstić information content (AvgIpc) is 2.65. The molecule has 0 radical (unpaired) electrons. The van der Waals surface area contributed by atoms with Gasteiger partial charge in [-0.05, 0) is 26.0 Å². The smallest absolute Gasteiger partial charge is 0.135 e. The number of hydrogen-bond acceptors (Lipinski definition) is 3. The van der Waals surface area contributed by atoms with Crippen molar-refractivity contribution < 1.29 is 9.84 Å². The lowest BCUT2D eigenvalue weighted by atomic mass is 10.2. The maximum Gasteiger partial charge on any atom is 0.135 e. The molecule has 0 spiro atoms. The summed E-state index contributed by atoms with van der Waals surface area (Å²) >= 11 is 0. The first-order valence-electron chi connectivity index (χ1n) is 5.33. The average molecular weight is 220 g/mol. The Morgan fingerprint density at radius 3 is 2.75 bits per heavy atom. The molecule has 0 fully saturated rings. The summed E-state index contributed by atoms with van der Waals surface area (Å²) in [5.74, 6) is 1.50. The van der Waals surface area contributed by atoms with E-state index in [-0.39, 0.29) is 12.6 Å². The van der Waals surface area contributed by atoms with Crippen LogP contribution in [-0.4, -0.2) is 21.8 Å². The Kier molecular flexibility index (Phi) is 2.83. The molecule has 0 aliphatic rings. The van der Waals surface area contributed by atoms with Crippen LogP contribution in [0.2, 0.25) is 0 Å². The van der Waals surface area contributed by atoms with E-state index >= 15 is 0 Å². The van der Waals surface area contributed by atoms with Crippen molar-refractivity contribution in [2.45, 2.75) is 26.5 Å². The summed E-state index contributed by atoms with van der Waals surface area (Å²) in [7, 11) is 1.64. The van der Waals surface area contributed by atoms with Crippen LogP contribution in [0.4, 0.5) is 0 Å². The summed E-state index contributed by atoms with van der Waals surface area (Å²) in [5.41, 5.74) is 1.89. The van der Waals surface area contributed by atoms with Gasteiger partial charge in [0.05, 0.1) is 18.1 Å². The van der Waals surface area contributed by atoms with Crippen LogP contribution in [0.1, 0.15) is 25.7 Å². The van der Waals surface area contributed by atoms with Crippen molar-refractivity contribution in [1.29, 1.82) is 0 Å². The van der Waals surface area contributed by atoms with Crippen LogP contribution >= 0.6 is 0 Å². The molecule has 1 N–H and O–H groups in total. The van der Waals surface area contributed by atoms with Crippen molar-refractivity contribution in [2.75, 3.05) is 7.11 Å². The molecule has 86 valence electrons. The van der Waals surface area contributed by atoms with Gasteiger partial charge in [-0.2, -0.15) is 0 Å². The van der Waals surface area contributed by atoms with Gasteiger partial charge in [0.1, 0.15) is 18.2 Å². The van der Waals surface area contributed by atoms with Crippen molar-refractivity contribution in [3.63, 3.8) is 0 Å². The molecule has 0 atom stereocenters. The third-order valence-corrected chi connectivity index (χ3v) is 2.63. The highest BCUT2D eigenvalue weighted by Crippen LogP contribution is 2.25. The lowest BCUT2D eigenvalue weighted by Crippen LogP contribution is -2.06. The van der Waals surface area contributed by atoms with Gasteiger partial charge in [-0.15, -0.1) is 0 Å². The second kappa shape index (κ2) is 4.14. The minimum absolute atomic E-state index is 0.0465. The zero-order valence-corrected chi connectivity index (χ0v) is 9.77. The van der Waals surface area contributed by atoms with Crippen LogP contribution in [0, 0.1) is 0 Å². The van der Waals surface area contributed by atoms with Crippen molar-refractivity contribution in [3.8, 4) is 5.75 Å². The van der Waals surface area contributed by atoms with Crippen molar-refractivity contribution in [1.82, 2.24) is 9.55 Å². The van der Waals surface area contributed by atoms with Crippen molar-refractivity contribution >= 4 is 11.0 Å². The highest BCUT2D eigenvalue weighted by Gasteiger charge is 2.12. The molecule has 0 amide bonds. The van der Waals surface area contributed by atoms with Gasteiger partial charge in [-0.3, -0.25) is 0 Å². The van der Waals surface area contributed by atoms with Crippen LogP contribution in [-0.2, 0) is 6.61 Å². The SMILES string of the molecule is COc1ccc2nc(CO)n(C(C)C)c2c1. The predicted octanol–water partition coefficient (Wildman–Crippen LogP) is 2.12. The standard InChI is InChI=1S/C12H16N2O2/c1-8(2)14-11-6-9(16-3)4-5-10(11)13-12(14)7-15/h4-6,8,15H,7H2,1-3H3. The third kappa shape index (κ3) is 1.65. The predicted molar refractivity (Wildman–Crippen MR) is 62.6 cm³/mol. The van der Waals surface area contributed by atoms with Gasteiger partial charge >= 0.3 is 0 Å². The van der Waals surface area contributed by atoms with E-state index in [0.717, 1.165) is 16.8 Å². The molecule has 1 aromatic heterocycles. The summed E-state index contributed by atoms with van der Waals surface area (Å²) in [6.45, 7) is 4.09. The topological polar surface area (TPSA) is 47.3 Å². The molecule has 2 aromatic rings. The number of fused-ring (bicyclic) bond motifs is 1. The van der Waals surface area contributed by atoms with Crippen LogP contribution in [0.25, 0.3) is 11.0 Å². The summed E-state index contributed by atoms with van der Waals surface area (Å²) < 4.78 is 7.22. The van der Waals surface area contributed by atoms with Gasteiger partial charge in [-0.1, -0.05) is 0 Å². The Labute approximate surface area is 94.5 Å². The Balaban J connectivity index is 2.70. The van der Waals surface area contributed by atoms with E-state index in [1.165, 1.54) is 0 Å². The van der Waals surface area contributed by atoms with E-state index in [0.29, 0.717) is 5.82 Å². The largest absolute Gasteiger partial charge is 0.497 e. The van der Waals surface area contributed by atoms with Crippen LogP contribution < -0.4 is 4.74 Å². The second-order valence-electron chi connectivity index (χ2n) is 4.00. The number of methoxy groups -OCH3 is 1. The number of imidazole rings is 1. The molecule has 1 aromatic carbocycles. The van der Waals surface area contributed by atoms with E-state index in [2.05, 4.69) is 18.8 Å². The zero-order valence-electron chi connectivity index (χ0n) is 9.77. The minimum Gasteiger partial charge on any atom is -0.497 e. The quantitative estimate of drug-likeness (QED) is 0.861. The highest BCUT2D eigenvalue weighted by molar-refractivity contribution is 5.78. The third-order valence-electron chi connectivity index (χ3n) is 2.63. The molecule has 16 heavy (non-hydrogen) atoms. The number of rotatable bonds is 3. The van der Waals surface area contributed by atoms with E-state index < -0.39 is 0 Å². The minimum atomic E-state index is -0.0465. The van der Waals surface area contributed by atoms with E-state index in [9.17, 15) is 5.11 Å². The zero-order chi connectivity index (χ0) is 11.7. The molecule has 0 aliphatic heterocycles. The van der Waals surface area contributed by atoms with E-state index in [1.807, 2.05) is 22.8 Å². The van der Waals surface area contributed by atoms with Crippen molar-refractivity contribution in [3.05, 3.63) is 24.0 Å². The van der Waals surface area contributed by atoms with Crippen molar-refractivity contribution in [2.24, 2.45) is 0 Å². The fraction of sp³-hybridized carbons (Fsp3) is 0.417. The molecule has 0 saturated heterocycles. The molecule has 4 nitrogen and oxygen atoms in total. The lowest BCUT2D eigenvalue weighted by molar-refractivity contribution is 0.263. The molecule has 0 aliphatic carbocycles. The lowest BCUT2D eigenvalue weighted by Gasteiger charge is -2.11. The number of aliphatic hydroxyl groups is 1. The first kappa shape index (κ1) is 11.0. The Hall–Kier alpha value is -1.55. The number of benzene rings is 1. The maximum absolute atomic E-state index is 9.28. The monoisotopic (exact) mass is 220 g/mol. The van der Waals surface area contributed by atoms with Crippen LogP contribution in [0.5, 0.6) is 5.75 Å². The fourth-order valence-electron chi connectivity index (χ4n) is 1.94. The van der Waals surface area contributed by atoms with Gasteiger partial charge < -0.3 is 14.4 Å². The van der Waals surface area contributed by atoms with Gasteiger partial charge in [-0.25, -0.2) is 4.98 Å². The first-order valence-corrected chi connectivity index (χ1v) is 5.33.